The lowest BCUT2D eigenvalue weighted by Crippen LogP contribution is -2.20. The standard InChI is InChI=1S/C16H17BrN2O/c1-20-16-5-3-13(17)8-12(16)10-19-7-6-11-2-4-14(18)9-15(11)19/h2-5,8-9H,6-7,10,18H2,1H3. The van der Waals surface area contributed by atoms with Crippen LogP contribution < -0.4 is 15.4 Å². The summed E-state index contributed by atoms with van der Waals surface area (Å²) in [4.78, 5) is 2.36. The summed E-state index contributed by atoms with van der Waals surface area (Å²) in [5.41, 5.74) is 10.5. The second-order valence-electron chi connectivity index (χ2n) is 5.02. The lowest BCUT2D eigenvalue weighted by Gasteiger charge is -2.21. The molecule has 1 heterocycles. The number of anilines is 2. The third-order valence-electron chi connectivity index (χ3n) is 3.70. The molecule has 104 valence electrons. The first kappa shape index (κ1) is 13.3. The molecule has 2 aromatic rings. The van der Waals surface area contributed by atoms with Gasteiger partial charge in [0.1, 0.15) is 5.75 Å². The predicted molar refractivity (Wildman–Crippen MR) is 86.3 cm³/mol. The van der Waals surface area contributed by atoms with Crippen LogP contribution in [0.1, 0.15) is 11.1 Å². The van der Waals surface area contributed by atoms with Gasteiger partial charge in [-0.15, -0.1) is 0 Å². The Balaban J connectivity index is 1.91. The maximum Gasteiger partial charge on any atom is 0.123 e. The number of nitrogens with zero attached hydrogens (tertiary/aromatic N) is 1. The summed E-state index contributed by atoms with van der Waals surface area (Å²) in [6.45, 7) is 1.85. The Morgan fingerprint density at radius 3 is 2.90 bits per heavy atom. The Bertz CT molecular complexity index is 642. The van der Waals surface area contributed by atoms with Crippen LogP contribution in [0.3, 0.4) is 0 Å². The topological polar surface area (TPSA) is 38.5 Å². The number of ether oxygens (including phenoxy) is 1. The number of benzene rings is 2. The number of halogens is 1. The largest absolute Gasteiger partial charge is 0.496 e. The fraction of sp³-hybridized carbons (Fsp3) is 0.250. The van der Waals surface area contributed by atoms with Gasteiger partial charge in [0.25, 0.3) is 0 Å². The third-order valence-corrected chi connectivity index (χ3v) is 4.20. The molecule has 1 aliphatic heterocycles. The molecule has 0 unspecified atom stereocenters. The van der Waals surface area contributed by atoms with E-state index < -0.39 is 0 Å². The van der Waals surface area contributed by atoms with Gasteiger partial charge >= 0.3 is 0 Å². The van der Waals surface area contributed by atoms with Gasteiger partial charge in [-0.2, -0.15) is 0 Å². The van der Waals surface area contributed by atoms with E-state index in [1.54, 1.807) is 7.11 Å². The monoisotopic (exact) mass is 332 g/mol. The Hall–Kier alpha value is -1.68. The molecule has 1 aliphatic rings. The van der Waals surface area contributed by atoms with E-state index in [1.165, 1.54) is 16.8 Å². The minimum atomic E-state index is 0.817. The second-order valence-corrected chi connectivity index (χ2v) is 5.93. The highest BCUT2D eigenvalue weighted by Crippen LogP contribution is 2.33. The van der Waals surface area contributed by atoms with Gasteiger partial charge in [-0.05, 0) is 42.3 Å². The first-order chi connectivity index (χ1) is 9.67. The molecular weight excluding hydrogens is 316 g/mol. The molecule has 0 fully saturated rings. The van der Waals surface area contributed by atoms with Gasteiger partial charge in [-0.25, -0.2) is 0 Å². The Morgan fingerprint density at radius 2 is 2.10 bits per heavy atom. The fourth-order valence-electron chi connectivity index (χ4n) is 2.70. The molecule has 0 radical (unpaired) electrons. The van der Waals surface area contributed by atoms with Crippen LogP contribution in [0.4, 0.5) is 11.4 Å². The molecular formula is C16H17BrN2O. The van der Waals surface area contributed by atoms with Gasteiger partial charge in [0.2, 0.25) is 0 Å². The van der Waals surface area contributed by atoms with Gasteiger partial charge in [-0.1, -0.05) is 22.0 Å². The van der Waals surface area contributed by atoms with Gasteiger partial charge in [0.15, 0.2) is 0 Å². The Morgan fingerprint density at radius 1 is 1.25 bits per heavy atom. The van der Waals surface area contributed by atoms with Crippen molar-refractivity contribution in [1.82, 2.24) is 0 Å². The summed E-state index contributed by atoms with van der Waals surface area (Å²) in [6.07, 6.45) is 1.08. The van der Waals surface area contributed by atoms with E-state index in [4.69, 9.17) is 10.5 Å². The highest BCUT2D eigenvalue weighted by Gasteiger charge is 2.20. The van der Waals surface area contributed by atoms with Crippen LogP contribution in [0.15, 0.2) is 40.9 Å². The minimum Gasteiger partial charge on any atom is -0.496 e. The second kappa shape index (κ2) is 5.37. The molecule has 0 atom stereocenters. The molecule has 3 rings (SSSR count). The Labute approximate surface area is 127 Å². The zero-order valence-corrected chi connectivity index (χ0v) is 13.0. The van der Waals surface area contributed by atoms with Gasteiger partial charge in [-0.3, -0.25) is 0 Å². The summed E-state index contributed by atoms with van der Waals surface area (Å²) in [5, 5.41) is 0. The highest BCUT2D eigenvalue weighted by molar-refractivity contribution is 9.10. The molecule has 0 saturated carbocycles. The zero-order chi connectivity index (χ0) is 14.1. The van der Waals surface area contributed by atoms with E-state index in [9.17, 15) is 0 Å². The summed E-state index contributed by atoms with van der Waals surface area (Å²) >= 11 is 3.52. The molecule has 4 heteroatoms. The van der Waals surface area contributed by atoms with Crippen molar-refractivity contribution in [1.29, 1.82) is 0 Å². The number of nitrogens with two attached hydrogens (primary N) is 1. The third kappa shape index (κ3) is 2.48. The van der Waals surface area contributed by atoms with Crippen LogP contribution in [0.5, 0.6) is 5.75 Å². The van der Waals surface area contributed by atoms with Crippen LogP contribution in [-0.4, -0.2) is 13.7 Å². The van der Waals surface area contributed by atoms with E-state index >= 15 is 0 Å². The fourth-order valence-corrected chi connectivity index (χ4v) is 3.11. The van der Waals surface area contributed by atoms with Crippen molar-refractivity contribution in [3.63, 3.8) is 0 Å². The van der Waals surface area contributed by atoms with Crippen molar-refractivity contribution in [3.8, 4) is 5.75 Å². The van der Waals surface area contributed by atoms with Crippen molar-refractivity contribution < 1.29 is 4.74 Å². The summed E-state index contributed by atoms with van der Waals surface area (Å²) in [5.74, 6) is 0.922. The normalized spacial score (nSPS) is 13.4. The summed E-state index contributed by atoms with van der Waals surface area (Å²) in [7, 11) is 1.71. The molecule has 0 bridgehead atoms. The molecule has 0 saturated heterocycles. The Kier molecular flexibility index (Phi) is 3.57. The molecule has 2 N–H and O–H groups in total. The average Bonchev–Trinajstić information content (AvgIpc) is 2.82. The summed E-state index contributed by atoms with van der Waals surface area (Å²) < 4.78 is 6.52. The van der Waals surface area contributed by atoms with E-state index in [2.05, 4.69) is 39.0 Å². The van der Waals surface area contributed by atoms with E-state index in [0.717, 1.165) is 35.4 Å². The SMILES string of the molecule is COc1ccc(Br)cc1CN1CCc2ccc(N)cc21. The minimum absolute atomic E-state index is 0.817. The molecule has 0 amide bonds. The number of nitrogen functional groups attached to an aromatic ring is 1. The maximum atomic E-state index is 5.91. The number of fused-ring (bicyclic) bond motifs is 1. The molecule has 0 aliphatic carbocycles. The maximum absolute atomic E-state index is 5.91. The van der Waals surface area contributed by atoms with Gasteiger partial charge < -0.3 is 15.4 Å². The first-order valence-corrected chi connectivity index (χ1v) is 7.42. The van der Waals surface area contributed by atoms with Crippen LogP contribution in [-0.2, 0) is 13.0 Å². The number of hydrogen-bond acceptors (Lipinski definition) is 3. The molecule has 20 heavy (non-hydrogen) atoms. The van der Waals surface area contributed by atoms with E-state index in [0.29, 0.717) is 0 Å². The number of hydrogen-bond donors (Lipinski definition) is 1. The van der Waals surface area contributed by atoms with Crippen molar-refractivity contribution in [2.45, 2.75) is 13.0 Å². The van der Waals surface area contributed by atoms with Crippen LogP contribution in [0.25, 0.3) is 0 Å². The van der Waals surface area contributed by atoms with E-state index in [1.807, 2.05) is 18.2 Å². The van der Waals surface area contributed by atoms with E-state index in [-0.39, 0.29) is 0 Å². The first-order valence-electron chi connectivity index (χ1n) is 6.63. The molecule has 0 spiro atoms. The molecule has 0 aromatic heterocycles. The highest BCUT2D eigenvalue weighted by atomic mass is 79.9. The lowest BCUT2D eigenvalue weighted by molar-refractivity contribution is 0.409. The average molecular weight is 333 g/mol. The smallest absolute Gasteiger partial charge is 0.123 e. The van der Waals surface area contributed by atoms with Crippen LogP contribution in [0.2, 0.25) is 0 Å². The van der Waals surface area contributed by atoms with Crippen LogP contribution in [0, 0.1) is 0 Å². The van der Waals surface area contributed by atoms with Gasteiger partial charge in [0.05, 0.1) is 7.11 Å². The van der Waals surface area contributed by atoms with Crippen LogP contribution >= 0.6 is 15.9 Å². The number of rotatable bonds is 3. The van der Waals surface area contributed by atoms with Crippen molar-refractivity contribution in [2.75, 3.05) is 24.3 Å². The van der Waals surface area contributed by atoms with Gasteiger partial charge in [0, 0.05) is 34.5 Å². The lowest BCUT2D eigenvalue weighted by atomic mass is 10.1. The zero-order valence-electron chi connectivity index (χ0n) is 11.4. The quantitative estimate of drug-likeness (QED) is 0.872. The molecule has 2 aromatic carbocycles. The summed E-state index contributed by atoms with van der Waals surface area (Å²) in [6, 6.07) is 12.3. The van der Waals surface area contributed by atoms with Crippen molar-refractivity contribution in [3.05, 3.63) is 52.0 Å². The van der Waals surface area contributed by atoms with Crippen molar-refractivity contribution in [2.24, 2.45) is 0 Å². The molecule has 3 nitrogen and oxygen atoms in total. The predicted octanol–water partition coefficient (Wildman–Crippen LogP) is 3.60. The van der Waals surface area contributed by atoms with Crippen molar-refractivity contribution >= 4 is 27.3 Å². The number of methoxy groups -OCH3 is 1.